The lowest BCUT2D eigenvalue weighted by Gasteiger charge is -2.15. The summed E-state index contributed by atoms with van der Waals surface area (Å²) >= 11 is 0. The van der Waals surface area contributed by atoms with Crippen molar-refractivity contribution in [1.29, 1.82) is 0 Å². The summed E-state index contributed by atoms with van der Waals surface area (Å²) in [6.45, 7) is 8.62. The van der Waals surface area contributed by atoms with Gasteiger partial charge in [-0.15, -0.1) is 0 Å². The summed E-state index contributed by atoms with van der Waals surface area (Å²) in [5.41, 5.74) is 2.24. The van der Waals surface area contributed by atoms with Crippen LogP contribution in [-0.2, 0) is 0 Å². The number of hydrogen-bond acceptors (Lipinski definition) is 2. The number of hydrogen-bond donors (Lipinski definition) is 0. The first-order chi connectivity index (χ1) is 8.49. The monoisotopic (exact) mass is 248 g/mol. The lowest BCUT2D eigenvalue weighted by Crippen LogP contribution is -1.98. The summed E-state index contributed by atoms with van der Waals surface area (Å²) in [5.74, 6) is 2.76. The summed E-state index contributed by atoms with van der Waals surface area (Å²) in [6, 6.07) is 4.12. The second-order valence-electron chi connectivity index (χ2n) is 5.09. The molecule has 1 aromatic rings. The highest BCUT2D eigenvalue weighted by Crippen LogP contribution is 2.34. The van der Waals surface area contributed by atoms with Gasteiger partial charge in [0, 0.05) is 11.1 Å². The van der Waals surface area contributed by atoms with Gasteiger partial charge in [-0.1, -0.05) is 39.8 Å². The minimum Gasteiger partial charge on any atom is -0.496 e. The molecule has 0 unspecified atom stereocenters. The molecule has 1 aromatic carbocycles. The van der Waals surface area contributed by atoms with Crippen LogP contribution in [0.25, 0.3) is 6.08 Å². The normalized spacial score (nSPS) is 11.6. The minimum absolute atomic E-state index is 0.414. The Kier molecular flexibility index (Phi) is 5.26. The van der Waals surface area contributed by atoms with Gasteiger partial charge in [0.05, 0.1) is 14.2 Å². The maximum Gasteiger partial charge on any atom is 0.126 e. The highest BCUT2D eigenvalue weighted by Gasteiger charge is 2.12. The van der Waals surface area contributed by atoms with E-state index in [-0.39, 0.29) is 0 Å². The van der Waals surface area contributed by atoms with Crippen molar-refractivity contribution in [3.8, 4) is 11.5 Å². The average molecular weight is 248 g/mol. The molecule has 1 rings (SSSR count). The first kappa shape index (κ1) is 14.6. The van der Waals surface area contributed by atoms with E-state index in [2.05, 4.69) is 45.9 Å². The molecule has 0 aliphatic carbocycles. The first-order valence-corrected chi connectivity index (χ1v) is 6.43. The van der Waals surface area contributed by atoms with Gasteiger partial charge in [0.25, 0.3) is 0 Å². The Morgan fingerprint density at radius 3 is 2.00 bits per heavy atom. The Morgan fingerprint density at radius 1 is 0.944 bits per heavy atom. The number of ether oxygens (including phenoxy) is 2. The molecule has 100 valence electrons. The van der Waals surface area contributed by atoms with Crippen molar-refractivity contribution in [2.45, 2.75) is 33.6 Å². The molecule has 2 nitrogen and oxygen atoms in total. The summed E-state index contributed by atoms with van der Waals surface area (Å²) in [7, 11) is 3.42. The molecule has 0 fully saturated rings. The van der Waals surface area contributed by atoms with E-state index in [0.29, 0.717) is 11.8 Å². The maximum absolute atomic E-state index is 5.46. The lowest BCUT2D eigenvalue weighted by atomic mass is 9.98. The molecule has 0 N–H and O–H groups in total. The molecular formula is C16H24O2. The van der Waals surface area contributed by atoms with Gasteiger partial charge in [0.15, 0.2) is 0 Å². The lowest BCUT2D eigenvalue weighted by molar-refractivity contribution is 0.396. The van der Waals surface area contributed by atoms with Gasteiger partial charge in [-0.2, -0.15) is 0 Å². The topological polar surface area (TPSA) is 18.5 Å². The maximum atomic E-state index is 5.46. The summed E-state index contributed by atoms with van der Waals surface area (Å²) < 4.78 is 10.9. The van der Waals surface area contributed by atoms with E-state index in [4.69, 9.17) is 9.47 Å². The third kappa shape index (κ3) is 3.52. The molecule has 0 aliphatic heterocycles. The fourth-order valence-electron chi connectivity index (χ4n) is 1.82. The number of benzene rings is 1. The summed E-state index contributed by atoms with van der Waals surface area (Å²) in [4.78, 5) is 0. The van der Waals surface area contributed by atoms with E-state index in [1.807, 2.05) is 6.07 Å². The third-order valence-corrected chi connectivity index (χ3v) is 2.86. The molecule has 0 amide bonds. The third-order valence-electron chi connectivity index (χ3n) is 2.86. The van der Waals surface area contributed by atoms with Crippen LogP contribution in [0.4, 0.5) is 0 Å². The SMILES string of the molecule is COc1cc(C(C)C)c(OC)cc1/C=C/C(C)C. The van der Waals surface area contributed by atoms with Crippen LogP contribution in [-0.4, -0.2) is 14.2 Å². The Bertz CT molecular complexity index is 417. The molecule has 0 aliphatic rings. The van der Waals surface area contributed by atoms with Crippen LogP contribution in [0.15, 0.2) is 18.2 Å². The zero-order chi connectivity index (χ0) is 13.7. The van der Waals surface area contributed by atoms with Gasteiger partial charge < -0.3 is 9.47 Å². The van der Waals surface area contributed by atoms with Gasteiger partial charge >= 0.3 is 0 Å². The van der Waals surface area contributed by atoms with Crippen LogP contribution in [0, 0.1) is 5.92 Å². The quantitative estimate of drug-likeness (QED) is 0.764. The minimum atomic E-state index is 0.414. The molecular weight excluding hydrogens is 224 g/mol. The van der Waals surface area contributed by atoms with Crippen molar-refractivity contribution in [2.75, 3.05) is 14.2 Å². The molecule has 0 heterocycles. The molecule has 0 aromatic heterocycles. The van der Waals surface area contributed by atoms with Crippen molar-refractivity contribution in [2.24, 2.45) is 5.92 Å². The molecule has 18 heavy (non-hydrogen) atoms. The van der Waals surface area contributed by atoms with Crippen LogP contribution in [0.2, 0.25) is 0 Å². The Morgan fingerprint density at radius 2 is 1.56 bits per heavy atom. The van der Waals surface area contributed by atoms with Gasteiger partial charge in [-0.3, -0.25) is 0 Å². The molecule has 0 atom stereocenters. The Balaban J connectivity index is 3.26. The van der Waals surface area contributed by atoms with Crippen molar-refractivity contribution >= 4 is 6.08 Å². The molecule has 0 spiro atoms. The first-order valence-electron chi connectivity index (χ1n) is 6.43. The van der Waals surface area contributed by atoms with Crippen LogP contribution in [0.3, 0.4) is 0 Å². The second kappa shape index (κ2) is 6.48. The fraction of sp³-hybridized carbons (Fsp3) is 0.500. The van der Waals surface area contributed by atoms with Crippen LogP contribution >= 0.6 is 0 Å². The van der Waals surface area contributed by atoms with Crippen molar-refractivity contribution in [3.63, 3.8) is 0 Å². The second-order valence-corrected chi connectivity index (χ2v) is 5.09. The van der Waals surface area contributed by atoms with Gasteiger partial charge in [-0.05, 0) is 24.0 Å². The van der Waals surface area contributed by atoms with Crippen molar-refractivity contribution in [1.82, 2.24) is 0 Å². The van der Waals surface area contributed by atoms with Gasteiger partial charge in [0.1, 0.15) is 11.5 Å². The zero-order valence-electron chi connectivity index (χ0n) is 12.3. The van der Waals surface area contributed by atoms with E-state index in [9.17, 15) is 0 Å². The van der Waals surface area contributed by atoms with Crippen molar-refractivity contribution < 1.29 is 9.47 Å². The fourth-order valence-corrected chi connectivity index (χ4v) is 1.82. The number of allylic oxidation sites excluding steroid dienone is 1. The zero-order valence-corrected chi connectivity index (χ0v) is 12.3. The molecule has 0 bridgehead atoms. The molecule has 0 saturated carbocycles. The highest BCUT2D eigenvalue weighted by molar-refractivity contribution is 5.62. The molecule has 2 heteroatoms. The largest absolute Gasteiger partial charge is 0.496 e. The van der Waals surface area contributed by atoms with E-state index >= 15 is 0 Å². The van der Waals surface area contributed by atoms with E-state index in [1.165, 1.54) is 5.56 Å². The number of rotatable bonds is 5. The molecule has 0 saturated heterocycles. The highest BCUT2D eigenvalue weighted by atomic mass is 16.5. The standard InChI is InChI=1S/C16H24O2/c1-11(2)7-8-13-9-16(18-6)14(12(3)4)10-15(13)17-5/h7-12H,1-6H3/b8-7+. The molecule has 0 radical (unpaired) electrons. The van der Waals surface area contributed by atoms with Crippen LogP contribution < -0.4 is 9.47 Å². The Hall–Kier alpha value is -1.44. The Labute approximate surface area is 111 Å². The average Bonchev–Trinajstić information content (AvgIpc) is 2.34. The number of methoxy groups -OCH3 is 2. The smallest absolute Gasteiger partial charge is 0.126 e. The predicted octanol–water partition coefficient (Wildman–Crippen LogP) is 4.50. The van der Waals surface area contributed by atoms with Gasteiger partial charge in [0.2, 0.25) is 0 Å². The van der Waals surface area contributed by atoms with Crippen LogP contribution in [0.1, 0.15) is 44.7 Å². The van der Waals surface area contributed by atoms with E-state index < -0.39 is 0 Å². The summed E-state index contributed by atoms with van der Waals surface area (Å²) in [6.07, 6.45) is 4.25. The van der Waals surface area contributed by atoms with E-state index in [0.717, 1.165) is 17.1 Å². The van der Waals surface area contributed by atoms with Gasteiger partial charge in [-0.25, -0.2) is 0 Å². The predicted molar refractivity (Wildman–Crippen MR) is 77.5 cm³/mol. The van der Waals surface area contributed by atoms with E-state index in [1.54, 1.807) is 14.2 Å². The van der Waals surface area contributed by atoms with Crippen LogP contribution in [0.5, 0.6) is 11.5 Å². The van der Waals surface area contributed by atoms with Crippen molar-refractivity contribution in [3.05, 3.63) is 29.3 Å². The summed E-state index contributed by atoms with van der Waals surface area (Å²) in [5, 5.41) is 0.